The Labute approximate surface area is 186 Å². The molecule has 0 radical (unpaired) electrons. The molecule has 3 N–H and O–H groups in total. The molecule has 4 aliphatic carbocycles. The van der Waals surface area contributed by atoms with Crippen molar-refractivity contribution in [3.8, 4) is 0 Å². The van der Waals surface area contributed by atoms with E-state index in [1.807, 2.05) is 6.08 Å². The molecule has 7 unspecified atom stereocenters. The van der Waals surface area contributed by atoms with Crippen molar-refractivity contribution >= 4 is 5.91 Å². The number of nitrogens with one attached hydrogen (secondary N) is 1. The predicted octanol–water partition coefficient (Wildman–Crippen LogP) is 6.43. The van der Waals surface area contributed by atoms with Gasteiger partial charge in [-0.05, 0) is 117 Å². The van der Waals surface area contributed by atoms with E-state index in [4.69, 9.17) is 5.73 Å². The summed E-state index contributed by atoms with van der Waals surface area (Å²) in [7, 11) is 0. The Kier molecular flexibility index (Phi) is 7.75. The van der Waals surface area contributed by atoms with Crippen molar-refractivity contribution < 1.29 is 4.79 Å². The topological polar surface area (TPSA) is 55.1 Å². The smallest absolute Gasteiger partial charge is 0.244 e. The number of allylic oxidation sites excluding steroid dienone is 1. The number of hydrogen-bond acceptors (Lipinski definition) is 2. The van der Waals surface area contributed by atoms with Crippen molar-refractivity contribution in [3.05, 3.63) is 12.2 Å². The van der Waals surface area contributed by atoms with E-state index >= 15 is 0 Å². The van der Waals surface area contributed by atoms with Gasteiger partial charge in [-0.2, -0.15) is 0 Å². The molecule has 7 atom stereocenters. The first-order valence-corrected chi connectivity index (χ1v) is 12.6. The van der Waals surface area contributed by atoms with E-state index in [0.717, 1.165) is 36.0 Å². The minimum Gasteiger partial charge on any atom is -0.340 e. The van der Waals surface area contributed by atoms with Crippen LogP contribution in [0.2, 0.25) is 0 Å². The number of hydrogen-bond donors (Lipinski definition) is 2. The summed E-state index contributed by atoms with van der Waals surface area (Å²) in [5, 5.41) is 2.62. The zero-order chi connectivity index (χ0) is 20.5. The van der Waals surface area contributed by atoms with Crippen molar-refractivity contribution in [1.82, 2.24) is 5.32 Å². The molecule has 30 heavy (non-hydrogen) atoms. The Hall–Kier alpha value is -0.830. The van der Waals surface area contributed by atoms with Crippen molar-refractivity contribution in [1.29, 1.82) is 0 Å². The summed E-state index contributed by atoms with van der Waals surface area (Å²) in [6.45, 7) is 5.56. The number of nitrogens with two attached hydrogens (primary N) is 1. The molecule has 4 fully saturated rings. The molecule has 3 heteroatoms. The van der Waals surface area contributed by atoms with Gasteiger partial charge >= 0.3 is 0 Å². The fourth-order valence-corrected chi connectivity index (χ4v) is 8.71. The molecule has 0 bridgehead atoms. The second kappa shape index (κ2) is 9.76. The van der Waals surface area contributed by atoms with Crippen LogP contribution >= 0.6 is 0 Å². The number of carbonyl (C=O) groups is 1. The maximum absolute atomic E-state index is 11.5. The third-order valence-corrected chi connectivity index (χ3v) is 10.2. The average Bonchev–Trinajstić information content (AvgIpc) is 3.04. The van der Waals surface area contributed by atoms with E-state index in [-0.39, 0.29) is 20.0 Å². The molecular weight excluding hydrogens is 368 g/mol. The van der Waals surface area contributed by atoms with Crippen LogP contribution in [0.1, 0.15) is 105 Å². The van der Waals surface area contributed by atoms with E-state index < -0.39 is 0 Å². The summed E-state index contributed by atoms with van der Waals surface area (Å²) in [4.78, 5) is 11.5. The summed E-state index contributed by atoms with van der Waals surface area (Å²) in [6, 6.07) is 0. The highest BCUT2D eigenvalue weighted by Crippen LogP contribution is 2.67. The Balaban J connectivity index is 0.00000256. The van der Waals surface area contributed by atoms with Crippen molar-refractivity contribution in [2.24, 2.45) is 46.2 Å². The second-order valence-electron chi connectivity index (χ2n) is 11.3. The predicted molar refractivity (Wildman–Crippen MR) is 127 cm³/mol. The molecule has 4 aliphatic rings. The molecule has 0 aromatic rings. The molecular formula is C27H48N2O. The summed E-state index contributed by atoms with van der Waals surface area (Å²) in [5.41, 5.74) is 6.59. The Morgan fingerprint density at radius 1 is 1.00 bits per heavy atom. The highest BCUT2D eigenvalue weighted by Gasteiger charge is 2.59. The van der Waals surface area contributed by atoms with Crippen molar-refractivity contribution in [2.75, 3.05) is 6.67 Å². The molecule has 0 heterocycles. The molecule has 0 aromatic carbocycles. The maximum Gasteiger partial charge on any atom is 0.244 e. The normalized spacial score (nSPS) is 42.7. The highest BCUT2D eigenvalue weighted by atomic mass is 16.1. The minimum absolute atomic E-state index is 0. The molecule has 0 spiro atoms. The molecule has 1 amide bonds. The lowest BCUT2D eigenvalue weighted by molar-refractivity contribution is -0.116. The van der Waals surface area contributed by atoms with E-state index in [1.165, 1.54) is 77.0 Å². The van der Waals surface area contributed by atoms with Crippen LogP contribution in [0.5, 0.6) is 0 Å². The minimum atomic E-state index is -0.0643. The van der Waals surface area contributed by atoms with Gasteiger partial charge in [0.05, 0.1) is 6.67 Å². The molecule has 0 aromatic heterocycles. The van der Waals surface area contributed by atoms with Gasteiger partial charge in [-0.15, -0.1) is 0 Å². The number of unbranched alkanes of at least 4 members (excludes halogenated alkanes) is 1. The molecule has 0 aliphatic heterocycles. The molecule has 4 saturated carbocycles. The van der Waals surface area contributed by atoms with Crippen LogP contribution in [0.25, 0.3) is 0 Å². The Morgan fingerprint density at radius 3 is 2.60 bits per heavy atom. The van der Waals surface area contributed by atoms with Crippen LogP contribution in [0, 0.1) is 40.4 Å². The molecule has 172 valence electrons. The number of rotatable bonds is 6. The Morgan fingerprint density at radius 2 is 1.80 bits per heavy atom. The largest absolute Gasteiger partial charge is 0.340 e. The first kappa shape index (κ1) is 23.8. The van der Waals surface area contributed by atoms with E-state index in [1.54, 1.807) is 6.08 Å². The fraction of sp³-hybridized carbons (Fsp3) is 0.889. The van der Waals surface area contributed by atoms with Gasteiger partial charge in [0.1, 0.15) is 0 Å². The van der Waals surface area contributed by atoms with Gasteiger partial charge in [0.2, 0.25) is 5.91 Å². The lowest BCUT2D eigenvalue weighted by atomic mass is 9.45. The maximum atomic E-state index is 11.5. The summed E-state index contributed by atoms with van der Waals surface area (Å²) < 4.78 is 0. The third kappa shape index (κ3) is 4.25. The van der Waals surface area contributed by atoms with Crippen LogP contribution in [-0.2, 0) is 4.79 Å². The number of fused-ring (bicyclic) bond motifs is 5. The van der Waals surface area contributed by atoms with Gasteiger partial charge in [0.15, 0.2) is 0 Å². The van der Waals surface area contributed by atoms with Crippen LogP contribution in [0.3, 0.4) is 0 Å². The zero-order valence-corrected chi connectivity index (χ0v) is 18.9. The van der Waals surface area contributed by atoms with Crippen LogP contribution in [0.15, 0.2) is 12.2 Å². The van der Waals surface area contributed by atoms with E-state index in [9.17, 15) is 4.79 Å². The zero-order valence-electron chi connectivity index (χ0n) is 18.9. The first-order valence-electron chi connectivity index (χ1n) is 12.6. The quantitative estimate of drug-likeness (QED) is 0.298. The lowest BCUT2D eigenvalue weighted by Gasteiger charge is -2.60. The fourth-order valence-electron chi connectivity index (χ4n) is 8.71. The van der Waals surface area contributed by atoms with Gasteiger partial charge in [-0.3, -0.25) is 4.79 Å². The van der Waals surface area contributed by atoms with Gasteiger partial charge in [-0.25, -0.2) is 0 Å². The lowest BCUT2D eigenvalue weighted by Crippen LogP contribution is -2.52. The van der Waals surface area contributed by atoms with Gasteiger partial charge in [0, 0.05) is 0 Å². The van der Waals surface area contributed by atoms with Gasteiger partial charge in [0.25, 0.3) is 0 Å². The number of amides is 1. The standard InChI is InChI=1S/C26H44N2O.CH4/c1-25-16-7-6-9-19(25)11-13-21-22-14-12-20(26(22,2)17-15-23(21)25)8-4-3-5-10-24(29)28-18-27;/h5,10,19-23H,3-4,6-9,11-18,27H2,1-2H3,(H,28,29);1H4/b10-5+;. The highest BCUT2D eigenvalue weighted by molar-refractivity contribution is 5.87. The van der Waals surface area contributed by atoms with Gasteiger partial charge in [-0.1, -0.05) is 40.2 Å². The third-order valence-electron chi connectivity index (χ3n) is 10.2. The van der Waals surface area contributed by atoms with Gasteiger partial charge < -0.3 is 11.1 Å². The summed E-state index contributed by atoms with van der Waals surface area (Å²) in [6.07, 6.45) is 22.2. The second-order valence-corrected chi connectivity index (χ2v) is 11.3. The molecule has 3 nitrogen and oxygen atoms in total. The SMILES string of the molecule is C.CC12CCCCC1CCC1C2CCC2(C)C(CCC/C=C/C(=O)NCN)CCC12. The van der Waals surface area contributed by atoms with Crippen LogP contribution in [-0.4, -0.2) is 12.6 Å². The summed E-state index contributed by atoms with van der Waals surface area (Å²) in [5.74, 6) is 4.88. The molecule has 0 saturated heterocycles. The average molecular weight is 417 g/mol. The van der Waals surface area contributed by atoms with Crippen LogP contribution < -0.4 is 11.1 Å². The van der Waals surface area contributed by atoms with E-state index in [0.29, 0.717) is 10.8 Å². The summed E-state index contributed by atoms with van der Waals surface area (Å²) >= 11 is 0. The van der Waals surface area contributed by atoms with Crippen molar-refractivity contribution in [2.45, 2.75) is 105 Å². The monoisotopic (exact) mass is 416 g/mol. The van der Waals surface area contributed by atoms with Crippen molar-refractivity contribution in [3.63, 3.8) is 0 Å². The van der Waals surface area contributed by atoms with Crippen LogP contribution in [0.4, 0.5) is 0 Å². The van der Waals surface area contributed by atoms with E-state index in [2.05, 4.69) is 19.2 Å². The first-order chi connectivity index (χ1) is 14.0. The Bertz CT molecular complexity index is 616. The number of carbonyl (C=O) groups excluding carboxylic acids is 1. The molecule has 4 rings (SSSR count).